The second-order valence-corrected chi connectivity index (χ2v) is 7.22. The highest BCUT2D eigenvalue weighted by molar-refractivity contribution is 5.91. The molecule has 0 atom stereocenters. The first-order chi connectivity index (χ1) is 8.63. The second kappa shape index (κ2) is 4.40. The van der Waals surface area contributed by atoms with Crippen molar-refractivity contribution in [2.24, 2.45) is 12.5 Å². The molecule has 0 spiro atoms. The molecule has 0 saturated heterocycles. The van der Waals surface area contributed by atoms with Crippen LogP contribution in [0.2, 0.25) is 0 Å². The maximum absolute atomic E-state index is 2.38. The molecular weight excluding hydrogens is 230 g/mol. The first-order valence-electron chi connectivity index (χ1n) is 7.18. The Hall–Kier alpha value is -1.24. The van der Waals surface area contributed by atoms with E-state index in [-0.39, 0.29) is 0 Å². The van der Waals surface area contributed by atoms with Gasteiger partial charge in [0.25, 0.3) is 0 Å². The molecular formula is C18H27N. The lowest BCUT2D eigenvalue weighted by Gasteiger charge is -2.19. The Morgan fingerprint density at radius 3 is 2.11 bits per heavy atom. The van der Waals surface area contributed by atoms with Crippen LogP contribution in [0.3, 0.4) is 0 Å². The molecule has 2 rings (SSSR count). The molecule has 0 amide bonds. The van der Waals surface area contributed by atoms with Gasteiger partial charge in [0.1, 0.15) is 0 Å². The highest BCUT2D eigenvalue weighted by Gasteiger charge is 2.21. The summed E-state index contributed by atoms with van der Waals surface area (Å²) in [6, 6.07) is 2.34. The van der Waals surface area contributed by atoms with E-state index >= 15 is 0 Å². The highest BCUT2D eigenvalue weighted by Crippen LogP contribution is 2.35. The summed E-state index contributed by atoms with van der Waals surface area (Å²) in [6.07, 6.45) is 1.14. The Morgan fingerprint density at radius 1 is 1.00 bits per heavy atom. The van der Waals surface area contributed by atoms with E-state index in [2.05, 4.69) is 66.1 Å². The average Bonchev–Trinajstić information content (AvgIpc) is 2.50. The highest BCUT2D eigenvalue weighted by atomic mass is 14.9. The first kappa shape index (κ1) is 14.2. The molecule has 0 fully saturated rings. The third-order valence-electron chi connectivity index (χ3n) is 4.30. The molecule has 1 nitrogen and oxygen atoms in total. The Balaban J connectivity index is 2.86. The fraction of sp³-hybridized carbons (Fsp3) is 0.556. The normalized spacial score (nSPS) is 12.4. The third-order valence-corrected chi connectivity index (χ3v) is 4.30. The number of rotatable bonds is 1. The van der Waals surface area contributed by atoms with Gasteiger partial charge in [-0.3, -0.25) is 0 Å². The lowest BCUT2D eigenvalue weighted by Crippen LogP contribution is -2.10. The van der Waals surface area contributed by atoms with Crippen LogP contribution < -0.4 is 0 Å². The number of aryl methyl sites for hydroxylation is 4. The van der Waals surface area contributed by atoms with Crippen LogP contribution in [0.1, 0.15) is 48.7 Å². The van der Waals surface area contributed by atoms with Gasteiger partial charge in [0.15, 0.2) is 0 Å². The molecule has 0 bridgehead atoms. The summed E-state index contributed by atoms with van der Waals surface area (Å²) in [5.41, 5.74) is 8.94. The topological polar surface area (TPSA) is 4.93 Å². The van der Waals surface area contributed by atoms with Crippen LogP contribution in [0.15, 0.2) is 6.07 Å². The van der Waals surface area contributed by atoms with Gasteiger partial charge in [-0.15, -0.1) is 0 Å². The van der Waals surface area contributed by atoms with Crippen molar-refractivity contribution in [2.75, 3.05) is 0 Å². The maximum atomic E-state index is 2.38. The molecule has 19 heavy (non-hydrogen) atoms. The molecule has 104 valence electrons. The maximum Gasteiger partial charge on any atom is 0.0517 e. The number of hydrogen-bond donors (Lipinski definition) is 0. The van der Waals surface area contributed by atoms with E-state index in [0.717, 1.165) is 6.42 Å². The lowest BCUT2D eigenvalue weighted by atomic mass is 9.86. The number of fused-ring (bicyclic) bond motifs is 1. The first-order valence-corrected chi connectivity index (χ1v) is 7.18. The van der Waals surface area contributed by atoms with Gasteiger partial charge in [-0.25, -0.2) is 0 Å². The summed E-state index contributed by atoms with van der Waals surface area (Å²) in [7, 11) is 2.20. The molecule has 1 aromatic heterocycles. The molecule has 0 radical (unpaired) electrons. The van der Waals surface area contributed by atoms with E-state index in [1.165, 1.54) is 38.9 Å². The van der Waals surface area contributed by atoms with Crippen molar-refractivity contribution in [3.8, 4) is 0 Å². The van der Waals surface area contributed by atoms with Crippen LogP contribution in [0.5, 0.6) is 0 Å². The zero-order chi connectivity index (χ0) is 14.5. The number of hydrogen-bond acceptors (Lipinski definition) is 0. The molecule has 1 aromatic carbocycles. The Bertz CT molecular complexity index is 636. The van der Waals surface area contributed by atoms with Crippen LogP contribution in [0.4, 0.5) is 0 Å². The standard InChI is InChI=1S/C18H27N/c1-11-9-12(2)16-15(10-18(5,6)7)14(4)19(8)17(16)13(11)3/h9H,10H2,1-8H3. The third kappa shape index (κ3) is 2.31. The minimum atomic E-state index is 0.324. The minimum Gasteiger partial charge on any atom is -0.347 e. The summed E-state index contributed by atoms with van der Waals surface area (Å²) in [5, 5.41) is 1.48. The molecule has 0 unspecified atom stereocenters. The summed E-state index contributed by atoms with van der Waals surface area (Å²) < 4.78 is 2.38. The number of benzene rings is 1. The van der Waals surface area contributed by atoms with Crippen LogP contribution in [-0.2, 0) is 13.5 Å². The van der Waals surface area contributed by atoms with E-state index in [1.807, 2.05) is 0 Å². The number of aromatic nitrogens is 1. The van der Waals surface area contributed by atoms with Gasteiger partial charge in [-0.05, 0) is 61.8 Å². The Morgan fingerprint density at radius 2 is 1.58 bits per heavy atom. The van der Waals surface area contributed by atoms with Gasteiger partial charge in [-0.2, -0.15) is 0 Å². The molecule has 1 heteroatoms. The van der Waals surface area contributed by atoms with Crippen LogP contribution in [0.25, 0.3) is 10.9 Å². The predicted octanol–water partition coefficient (Wildman–Crippen LogP) is 5.00. The van der Waals surface area contributed by atoms with Gasteiger partial charge < -0.3 is 4.57 Å². The van der Waals surface area contributed by atoms with E-state index in [4.69, 9.17) is 0 Å². The van der Waals surface area contributed by atoms with Crippen LogP contribution in [0, 0.1) is 33.1 Å². The van der Waals surface area contributed by atoms with E-state index in [9.17, 15) is 0 Å². The Labute approximate surface area is 117 Å². The molecule has 1 heterocycles. The largest absolute Gasteiger partial charge is 0.347 e. The van der Waals surface area contributed by atoms with E-state index < -0.39 is 0 Å². The van der Waals surface area contributed by atoms with Crippen molar-refractivity contribution in [2.45, 2.75) is 54.9 Å². The van der Waals surface area contributed by atoms with Crippen molar-refractivity contribution >= 4 is 10.9 Å². The van der Waals surface area contributed by atoms with Crippen molar-refractivity contribution < 1.29 is 0 Å². The second-order valence-electron chi connectivity index (χ2n) is 7.22. The summed E-state index contributed by atoms with van der Waals surface area (Å²) in [6.45, 7) is 15.9. The summed E-state index contributed by atoms with van der Waals surface area (Å²) in [5.74, 6) is 0. The zero-order valence-corrected chi connectivity index (χ0v) is 13.7. The SMILES string of the molecule is Cc1cc(C)c2c(CC(C)(C)C)c(C)n(C)c2c1C. The van der Waals surface area contributed by atoms with E-state index in [1.54, 1.807) is 0 Å². The van der Waals surface area contributed by atoms with Crippen molar-refractivity contribution in [1.82, 2.24) is 4.57 Å². The zero-order valence-electron chi connectivity index (χ0n) is 13.7. The van der Waals surface area contributed by atoms with Crippen molar-refractivity contribution in [1.29, 1.82) is 0 Å². The summed E-state index contributed by atoms with van der Waals surface area (Å²) >= 11 is 0. The van der Waals surface area contributed by atoms with E-state index in [0.29, 0.717) is 5.41 Å². The molecule has 2 aromatic rings. The Kier molecular flexibility index (Phi) is 3.28. The van der Waals surface area contributed by atoms with Gasteiger partial charge in [0.05, 0.1) is 5.52 Å². The monoisotopic (exact) mass is 257 g/mol. The summed E-state index contributed by atoms with van der Waals surface area (Å²) in [4.78, 5) is 0. The fourth-order valence-electron chi connectivity index (χ4n) is 3.16. The lowest BCUT2D eigenvalue weighted by molar-refractivity contribution is 0.411. The predicted molar refractivity (Wildman–Crippen MR) is 85.0 cm³/mol. The fourth-order valence-corrected chi connectivity index (χ4v) is 3.16. The van der Waals surface area contributed by atoms with Crippen LogP contribution in [-0.4, -0.2) is 4.57 Å². The molecule has 0 aliphatic heterocycles. The minimum absolute atomic E-state index is 0.324. The quantitative estimate of drug-likeness (QED) is 0.677. The van der Waals surface area contributed by atoms with Crippen molar-refractivity contribution in [3.05, 3.63) is 34.0 Å². The van der Waals surface area contributed by atoms with Gasteiger partial charge in [0, 0.05) is 18.1 Å². The molecule has 0 saturated carbocycles. The molecule has 0 N–H and O–H groups in total. The van der Waals surface area contributed by atoms with Gasteiger partial charge in [-0.1, -0.05) is 26.8 Å². The number of nitrogens with zero attached hydrogens (tertiary/aromatic N) is 1. The molecule has 0 aliphatic rings. The van der Waals surface area contributed by atoms with Crippen molar-refractivity contribution in [3.63, 3.8) is 0 Å². The molecule has 0 aliphatic carbocycles. The smallest absolute Gasteiger partial charge is 0.0517 e. The van der Waals surface area contributed by atoms with Gasteiger partial charge >= 0.3 is 0 Å². The van der Waals surface area contributed by atoms with Crippen LogP contribution >= 0.6 is 0 Å². The van der Waals surface area contributed by atoms with Gasteiger partial charge in [0.2, 0.25) is 0 Å². The average molecular weight is 257 g/mol.